The summed E-state index contributed by atoms with van der Waals surface area (Å²) in [6.45, 7) is 3.48. The molecule has 10 heteroatoms. The highest BCUT2D eigenvalue weighted by Crippen LogP contribution is 2.43. The van der Waals surface area contributed by atoms with Crippen LogP contribution in [0.3, 0.4) is 0 Å². The van der Waals surface area contributed by atoms with E-state index in [1.54, 1.807) is 0 Å². The number of phosphoric acid groups is 1. The Bertz CT molecular complexity index is 2450. The highest BCUT2D eigenvalue weighted by Gasteiger charge is 2.26. The van der Waals surface area contributed by atoms with Crippen LogP contribution in [0.5, 0.6) is 0 Å². The Morgan fingerprint density at radius 1 is 0.309 bits per heavy atom. The number of carbonyl (C=O) groups is 2. The molecule has 0 aliphatic heterocycles. The van der Waals surface area contributed by atoms with Crippen molar-refractivity contribution < 1.29 is 37.6 Å². The average Bonchev–Trinajstić information content (AvgIpc) is 2.57. The second-order valence-corrected chi connectivity index (χ2v) is 25.5. The van der Waals surface area contributed by atoms with Crippen molar-refractivity contribution in [1.82, 2.24) is 0 Å². The summed E-state index contributed by atoms with van der Waals surface area (Å²) in [5.41, 5.74) is 5.41. The van der Waals surface area contributed by atoms with Crippen LogP contribution in [0.4, 0.5) is 0 Å². The third-order valence-corrected chi connectivity index (χ3v) is 16.0. The molecule has 0 amide bonds. The first-order chi connectivity index (χ1) is 47.8. The van der Waals surface area contributed by atoms with E-state index in [1.165, 1.54) is 51.4 Å². The minimum atomic E-state index is -4.42. The zero-order valence-electron chi connectivity index (χ0n) is 61.0. The summed E-state index contributed by atoms with van der Waals surface area (Å²) in [5.74, 6) is -0.860. The summed E-state index contributed by atoms with van der Waals surface area (Å²) in [6, 6.07) is 0. The fourth-order valence-corrected chi connectivity index (χ4v) is 10.3. The van der Waals surface area contributed by atoms with Crippen molar-refractivity contribution in [2.24, 2.45) is 5.73 Å². The summed E-state index contributed by atoms with van der Waals surface area (Å²) in [7, 11) is -4.42. The fraction of sp³-hybridized carbons (Fsp3) is 0.540. The van der Waals surface area contributed by atoms with Crippen LogP contribution in [-0.4, -0.2) is 49.3 Å². The van der Waals surface area contributed by atoms with Gasteiger partial charge in [-0.15, -0.1) is 0 Å². The van der Waals surface area contributed by atoms with E-state index in [1.807, 2.05) is 0 Å². The number of rotatable bonds is 68. The summed E-state index contributed by atoms with van der Waals surface area (Å²) in [5, 5.41) is 0. The van der Waals surface area contributed by atoms with Crippen molar-refractivity contribution in [3.63, 3.8) is 0 Å². The van der Waals surface area contributed by atoms with E-state index in [0.717, 1.165) is 180 Å². The van der Waals surface area contributed by atoms with Crippen molar-refractivity contribution in [3.05, 3.63) is 231 Å². The van der Waals surface area contributed by atoms with Gasteiger partial charge in [-0.25, -0.2) is 4.57 Å². The summed E-state index contributed by atoms with van der Waals surface area (Å²) < 4.78 is 33.2. The van der Waals surface area contributed by atoms with Gasteiger partial charge < -0.3 is 20.1 Å². The Kier molecular flexibility index (Phi) is 74.2. The van der Waals surface area contributed by atoms with E-state index in [4.69, 9.17) is 24.3 Å². The highest BCUT2D eigenvalue weighted by atomic mass is 31.2. The van der Waals surface area contributed by atoms with Gasteiger partial charge in [-0.1, -0.05) is 328 Å². The van der Waals surface area contributed by atoms with Gasteiger partial charge in [0, 0.05) is 19.4 Å². The van der Waals surface area contributed by atoms with E-state index in [2.05, 4.69) is 245 Å². The summed E-state index contributed by atoms with van der Waals surface area (Å²) >= 11 is 0. The monoisotopic (exact) mass is 1350 g/mol. The topological polar surface area (TPSA) is 134 Å². The molecule has 9 nitrogen and oxygen atoms in total. The molecule has 3 N–H and O–H groups in total. The van der Waals surface area contributed by atoms with Gasteiger partial charge in [0.1, 0.15) is 6.61 Å². The summed E-state index contributed by atoms with van der Waals surface area (Å²) in [6.07, 6.45) is 124. The van der Waals surface area contributed by atoms with Crippen molar-refractivity contribution >= 4 is 19.8 Å². The van der Waals surface area contributed by atoms with Gasteiger partial charge in [-0.05, 0) is 161 Å². The molecule has 0 rings (SSSR count). The van der Waals surface area contributed by atoms with Gasteiger partial charge in [0.15, 0.2) is 6.10 Å². The molecule has 0 aromatic rings. The molecule has 0 radical (unpaired) electrons. The Labute approximate surface area is 593 Å². The zero-order chi connectivity index (χ0) is 70.0. The van der Waals surface area contributed by atoms with Crippen LogP contribution in [0, 0.1) is 0 Å². The molecule has 0 fully saturated rings. The number of hydrogen-bond acceptors (Lipinski definition) is 8. The van der Waals surface area contributed by atoms with Crippen LogP contribution < -0.4 is 5.73 Å². The normalized spacial score (nSPS) is 14.2. The SMILES string of the molecule is CC/C=C\C/C=C\C/C=C\C/C=C\C/C=C\C/C=C\C/C=C\C/C=C\C/C=C\C/C=C\C/C=C\CCCCCCCCCC(=O)OC(COC(=O)CCCCCCCCCCCC/C=C\C/C=C\C/C=C\C/C=C\C/C=C\C/C=C\C/C=C\C/C=C\CC)COP(=O)(O)OCCN. The van der Waals surface area contributed by atoms with Crippen LogP contribution in [0.25, 0.3) is 0 Å². The molecule has 0 heterocycles. The maximum absolute atomic E-state index is 12.8. The molecule has 0 spiro atoms. The predicted octanol–water partition coefficient (Wildman–Crippen LogP) is 25.7. The molecule has 0 aliphatic carbocycles. The second-order valence-electron chi connectivity index (χ2n) is 24.0. The van der Waals surface area contributed by atoms with E-state index < -0.39 is 32.5 Å². The Balaban J connectivity index is 4.01. The second kappa shape index (κ2) is 79.1. The molecule has 0 saturated carbocycles. The first kappa shape index (κ1) is 91.1. The lowest BCUT2D eigenvalue weighted by atomic mass is 10.1. The number of esters is 2. The van der Waals surface area contributed by atoms with Crippen LogP contribution >= 0.6 is 7.82 Å². The lowest BCUT2D eigenvalue weighted by Gasteiger charge is -2.19. The first-order valence-corrected chi connectivity index (χ1v) is 39.4. The number of unbranched alkanes of at least 4 members (excludes halogenated alkanes) is 17. The van der Waals surface area contributed by atoms with Gasteiger partial charge in [0.2, 0.25) is 0 Å². The Hall–Kier alpha value is -5.93. The number of ether oxygens (including phenoxy) is 2. The molecule has 542 valence electrons. The lowest BCUT2D eigenvalue weighted by Crippen LogP contribution is -2.29. The smallest absolute Gasteiger partial charge is 0.462 e. The Morgan fingerprint density at radius 2 is 0.536 bits per heavy atom. The molecular formula is C87H136NO8P. The first-order valence-electron chi connectivity index (χ1n) is 37.9. The molecular weight excluding hydrogens is 1220 g/mol. The number of allylic oxidation sites excluding steroid dienone is 38. The third-order valence-electron chi connectivity index (χ3n) is 15.0. The number of nitrogens with two attached hydrogens (primary N) is 1. The van der Waals surface area contributed by atoms with E-state index >= 15 is 0 Å². The van der Waals surface area contributed by atoms with Crippen LogP contribution in [0.15, 0.2) is 231 Å². The van der Waals surface area contributed by atoms with Crippen molar-refractivity contribution in [2.45, 2.75) is 277 Å². The Morgan fingerprint density at radius 3 is 0.794 bits per heavy atom. The standard InChI is InChI=1S/C87H136NO8P/c1-3-5-7-9-11-13-15-17-19-21-23-25-27-29-31-33-35-37-39-40-41-42-43-44-46-48-50-52-54-56-58-60-62-64-66-68-70-72-74-76-78-80-87(90)96-85(84-95-97(91,92)94-82-81-88)83-93-86(89)79-77-75-73-71-69-67-65-63-61-59-57-55-53-51-49-47-45-38-36-34-32-30-28-26-24-22-20-18-16-14-12-10-8-6-4-2/h5-8,11-14,17-20,23-26,29-32,35-38,40-41,43-44,47-50,53-56,60,62,85H,3-4,9-10,15-16,21-22,27-28,33-34,39,42,45-46,51-52,57-59,61,63-84,88H2,1-2H3,(H,91,92)/b7-5-,8-6-,13-11-,14-12-,19-17-,20-18-,25-23-,26-24-,31-29-,32-30-,37-35-,38-36-,41-40-,44-43-,49-47-,50-48-,55-53-,56-54-,62-60-. The molecule has 0 bridgehead atoms. The number of carbonyl (C=O) groups excluding carboxylic acids is 2. The third kappa shape index (κ3) is 78.9. The molecule has 97 heavy (non-hydrogen) atoms. The van der Waals surface area contributed by atoms with Crippen molar-refractivity contribution in [2.75, 3.05) is 26.4 Å². The quantitative estimate of drug-likeness (QED) is 0.0264. The number of hydrogen-bond donors (Lipinski definition) is 2. The highest BCUT2D eigenvalue weighted by molar-refractivity contribution is 7.47. The molecule has 0 aromatic heterocycles. The minimum Gasteiger partial charge on any atom is -0.462 e. The predicted molar refractivity (Wildman–Crippen MR) is 421 cm³/mol. The van der Waals surface area contributed by atoms with E-state index in [0.29, 0.717) is 12.8 Å². The van der Waals surface area contributed by atoms with Crippen molar-refractivity contribution in [1.29, 1.82) is 0 Å². The summed E-state index contributed by atoms with van der Waals surface area (Å²) in [4.78, 5) is 35.4. The molecule has 2 unspecified atom stereocenters. The van der Waals surface area contributed by atoms with Gasteiger partial charge in [0.05, 0.1) is 13.2 Å². The maximum atomic E-state index is 12.8. The molecule has 0 aromatic carbocycles. The van der Waals surface area contributed by atoms with Gasteiger partial charge in [0.25, 0.3) is 0 Å². The van der Waals surface area contributed by atoms with Gasteiger partial charge in [-0.2, -0.15) is 0 Å². The van der Waals surface area contributed by atoms with E-state index in [-0.39, 0.29) is 32.6 Å². The maximum Gasteiger partial charge on any atom is 0.472 e. The van der Waals surface area contributed by atoms with Gasteiger partial charge in [-0.3, -0.25) is 18.6 Å². The van der Waals surface area contributed by atoms with Crippen LogP contribution in [0.1, 0.15) is 271 Å². The molecule has 0 saturated heterocycles. The van der Waals surface area contributed by atoms with Crippen LogP contribution in [0.2, 0.25) is 0 Å². The van der Waals surface area contributed by atoms with Crippen LogP contribution in [-0.2, 0) is 32.7 Å². The average molecular weight is 1360 g/mol. The van der Waals surface area contributed by atoms with Gasteiger partial charge >= 0.3 is 19.8 Å². The largest absolute Gasteiger partial charge is 0.472 e. The van der Waals surface area contributed by atoms with E-state index in [9.17, 15) is 19.0 Å². The van der Waals surface area contributed by atoms with Crippen molar-refractivity contribution in [3.8, 4) is 0 Å². The lowest BCUT2D eigenvalue weighted by molar-refractivity contribution is -0.161. The molecule has 0 aliphatic rings. The fourth-order valence-electron chi connectivity index (χ4n) is 9.54. The zero-order valence-corrected chi connectivity index (χ0v) is 61.9. The number of phosphoric ester groups is 1. The molecule has 2 atom stereocenters. The minimum absolute atomic E-state index is 0.0392.